The van der Waals surface area contributed by atoms with Gasteiger partial charge in [0, 0.05) is 28.4 Å². The highest BCUT2D eigenvalue weighted by Gasteiger charge is 2.19. The number of allylic oxidation sites excluding steroid dienone is 4. The molecule has 0 saturated heterocycles. The number of aromatic nitrogens is 1. The van der Waals surface area contributed by atoms with Crippen molar-refractivity contribution in [1.29, 1.82) is 0 Å². The summed E-state index contributed by atoms with van der Waals surface area (Å²) in [4.78, 5) is 0. The average molecular weight is 670 g/mol. The van der Waals surface area contributed by atoms with Crippen LogP contribution in [0.15, 0.2) is 174 Å². The fraction of sp³-hybridized carbons (Fsp3) is 0.0800. The number of hydrogen-bond acceptors (Lipinski definition) is 1. The summed E-state index contributed by atoms with van der Waals surface area (Å²) in [5, 5.41) is 5.83. The molecule has 1 atom stereocenters. The van der Waals surface area contributed by atoms with Crippen molar-refractivity contribution in [3.05, 3.63) is 187 Å². The van der Waals surface area contributed by atoms with Crippen LogP contribution in [-0.2, 0) is 6.42 Å². The van der Waals surface area contributed by atoms with Gasteiger partial charge >= 0.3 is 0 Å². The van der Waals surface area contributed by atoms with Crippen molar-refractivity contribution in [2.45, 2.75) is 20.3 Å². The zero-order valence-corrected chi connectivity index (χ0v) is 29.5. The van der Waals surface area contributed by atoms with Crippen LogP contribution in [0.25, 0.3) is 83.6 Å². The van der Waals surface area contributed by atoms with Crippen LogP contribution in [0, 0.1) is 5.92 Å². The molecular formula is C50H39NO. The summed E-state index contributed by atoms with van der Waals surface area (Å²) in [6.45, 7) is 4.30. The second kappa shape index (κ2) is 13.4. The maximum absolute atomic E-state index is 6.45. The Kier molecular flexibility index (Phi) is 8.14. The van der Waals surface area contributed by atoms with E-state index in [0.717, 1.165) is 50.8 Å². The van der Waals surface area contributed by atoms with Crippen molar-refractivity contribution in [2.24, 2.45) is 5.92 Å². The van der Waals surface area contributed by atoms with Crippen LogP contribution in [0.4, 0.5) is 0 Å². The van der Waals surface area contributed by atoms with E-state index < -0.39 is 0 Å². The van der Waals surface area contributed by atoms with Crippen LogP contribution in [0.5, 0.6) is 0 Å². The van der Waals surface area contributed by atoms with Crippen LogP contribution < -0.4 is 0 Å². The summed E-state index contributed by atoms with van der Waals surface area (Å²) in [5.41, 5.74) is 11.3. The van der Waals surface area contributed by atoms with Gasteiger partial charge in [-0.25, -0.2) is 0 Å². The molecule has 9 rings (SSSR count). The fourth-order valence-corrected chi connectivity index (χ4v) is 7.72. The summed E-state index contributed by atoms with van der Waals surface area (Å²) in [7, 11) is 0. The molecular weight excluding hydrogens is 631 g/mol. The Balaban J connectivity index is 1.48. The molecule has 2 nitrogen and oxygen atoms in total. The predicted octanol–water partition coefficient (Wildman–Crippen LogP) is 13.9. The van der Waals surface area contributed by atoms with E-state index in [9.17, 15) is 0 Å². The number of furan rings is 1. The van der Waals surface area contributed by atoms with Gasteiger partial charge in [-0.3, -0.25) is 0 Å². The zero-order chi connectivity index (χ0) is 35.0. The average Bonchev–Trinajstić information content (AvgIpc) is 3.57. The number of hydrogen-bond donors (Lipinski definition) is 0. The van der Waals surface area contributed by atoms with E-state index in [1.807, 2.05) is 0 Å². The topological polar surface area (TPSA) is 18.1 Å². The first kappa shape index (κ1) is 31.6. The molecule has 2 heterocycles. The fourth-order valence-electron chi connectivity index (χ4n) is 7.72. The monoisotopic (exact) mass is 669 g/mol. The lowest BCUT2D eigenvalue weighted by atomic mass is 9.95. The van der Waals surface area contributed by atoms with Gasteiger partial charge < -0.3 is 8.98 Å². The molecule has 1 aliphatic rings. The third-order valence-electron chi connectivity index (χ3n) is 10.3. The predicted molar refractivity (Wildman–Crippen MR) is 222 cm³/mol. The molecule has 0 N–H and O–H groups in total. The number of rotatable bonds is 5. The van der Waals surface area contributed by atoms with Crippen LogP contribution in [-0.4, -0.2) is 4.57 Å². The Bertz CT molecular complexity index is 2770. The highest BCUT2D eigenvalue weighted by atomic mass is 16.3. The molecule has 0 aliphatic heterocycles. The lowest BCUT2D eigenvalue weighted by molar-refractivity contribution is 0.513. The van der Waals surface area contributed by atoms with E-state index in [0.29, 0.717) is 5.92 Å². The van der Waals surface area contributed by atoms with E-state index in [4.69, 9.17) is 4.42 Å². The molecule has 1 unspecified atom stereocenters. The highest BCUT2D eigenvalue weighted by Crippen LogP contribution is 2.38. The second-order valence-electron chi connectivity index (χ2n) is 13.8. The number of nitrogens with zero attached hydrogens (tertiary/aromatic N) is 1. The smallest absolute Gasteiger partial charge is 0.135 e. The van der Waals surface area contributed by atoms with E-state index >= 15 is 0 Å². The lowest BCUT2D eigenvalue weighted by Crippen LogP contribution is -2.00. The van der Waals surface area contributed by atoms with Gasteiger partial charge in [0.05, 0.1) is 11.0 Å². The Morgan fingerprint density at radius 3 is 2.04 bits per heavy atom. The third-order valence-corrected chi connectivity index (χ3v) is 10.3. The maximum Gasteiger partial charge on any atom is 0.135 e. The van der Waals surface area contributed by atoms with Crippen molar-refractivity contribution in [3.8, 4) is 27.9 Å². The minimum Gasteiger partial charge on any atom is -0.460 e. The van der Waals surface area contributed by atoms with Crippen LogP contribution >= 0.6 is 0 Å². The van der Waals surface area contributed by atoms with E-state index in [-0.39, 0.29) is 0 Å². The van der Waals surface area contributed by atoms with Gasteiger partial charge in [-0.05, 0) is 105 Å². The zero-order valence-electron chi connectivity index (χ0n) is 29.5. The van der Waals surface area contributed by atoms with Gasteiger partial charge in [0.1, 0.15) is 11.3 Å². The lowest BCUT2D eigenvalue weighted by Gasteiger charge is -2.15. The first-order valence-corrected chi connectivity index (χ1v) is 18.2. The normalized spacial score (nSPS) is 14.2. The van der Waals surface area contributed by atoms with Gasteiger partial charge in [-0.1, -0.05) is 140 Å². The molecule has 52 heavy (non-hydrogen) atoms. The van der Waals surface area contributed by atoms with Crippen molar-refractivity contribution in [3.63, 3.8) is 0 Å². The molecule has 2 heteroatoms. The SMILES string of the molecule is C/C=C\C=C/c1cc2cc(-c3ccccc3)ccc2n(-c2ccc3oc4c(c3c2)C=CC(C)C4)c2ccc(-c3ccccc3)cc2c2ccccc12. The van der Waals surface area contributed by atoms with Gasteiger partial charge in [-0.15, -0.1) is 0 Å². The molecule has 0 bridgehead atoms. The molecule has 250 valence electrons. The van der Waals surface area contributed by atoms with Crippen molar-refractivity contribution >= 4 is 55.7 Å². The molecule has 0 amide bonds. The van der Waals surface area contributed by atoms with Gasteiger partial charge in [0.15, 0.2) is 0 Å². The van der Waals surface area contributed by atoms with Crippen molar-refractivity contribution < 1.29 is 4.42 Å². The van der Waals surface area contributed by atoms with E-state index in [1.165, 1.54) is 44.0 Å². The Hall–Kier alpha value is -6.38. The van der Waals surface area contributed by atoms with Gasteiger partial charge in [-0.2, -0.15) is 0 Å². The molecule has 0 fully saturated rings. The summed E-state index contributed by atoms with van der Waals surface area (Å²) in [6, 6.07) is 53.1. The molecule has 8 aromatic rings. The molecule has 0 spiro atoms. The first-order chi connectivity index (χ1) is 25.6. The molecule has 2 aromatic heterocycles. The Morgan fingerprint density at radius 2 is 1.29 bits per heavy atom. The number of benzene rings is 6. The minimum atomic E-state index is 0.463. The Morgan fingerprint density at radius 1 is 0.596 bits per heavy atom. The second-order valence-corrected chi connectivity index (χ2v) is 13.8. The van der Waals surface area contributed by atoms with E-state index in [1.54, 1.807) is 0 Å². The van der Waals surface area contributed by atoms with Crippen molar-refractivity contribution in [1.82, 2.24) is 4.57 Å². The standard InChI is InChI=1S/C50H39NO/c1-3-4-7-18-39-31-40-30-37(35-14-8-5-9-15-35)22-26-47(40)51(41-24-28-49-46(33-41)44-25-21-34(2)29-50(44)52-49)48-27-23-38(36-16-10-6-11-17-36)32-45(48)43-20-13-12-19-42(39)43/h3-28,30-34H,29H2,1-2H3/b4-3-,18-7-,39-31?. The maximum atomic E-state index is 6.45. The van der Waals surface area contributed by atoms with Crippen LogP contribution in [0.2, 0.25) is 0 Å². The van der Waals surface area contributed by atoms with Gasteiger partial charge in [0.2, 0.25) is 0 Å². The largest absolute Gasteiger partial charge is 0.460 e. The minimum absolute atomic E-state index is 0.463. The third kappa shape index (κ3) is 5.73. The molecule has 0 saturated carbocycles. The van der Waals surface area contributed by atoms with E-state index in [2.05, 4.69) is 200 Å². The summed E-state index contributed by atoms with van der Waals surface area (Å²) in [6.07, 6.45) is 14.0. The summed E-state index contributed by atoms with van der Waals surface area (Å²) < 4.78 is 8.90. The molecule has 0 radical (unpaired) electrons. The van der Waals surface area contributed by atoms with Crippen molar-refractivity contribution in [2.75, 3.05) is 0 Å². The highest BCUT2D eigenvalue weighted by molar-refractivity contribution is 6.10. The summed E-state index contributed by atoms with van der Waals surface area (Å²) >= 11 is 0. The Labute approximate surface area is 304 Å². The molecule has 1 aliphatic carbocycles. The number of fused-ring (bicyclic) bond motifs is 7. The molecule has 6 aromatic carbocycles. The van der Waals surface area contributed by atoms with Crippen LogP contribution in [0.1, 0.15) is 30.7 Å². The summed E-state index contributed by atoms with van der Waals surface area (Å²) in [5.74, 6) is 1.53. The first-order valence-electron chi connectivity index (χ1n) is 18.2. The quantitative estimate of drug-likeness (QED) is 0.167. The van der Waals surface area contributed by atoms with Gasteiger partial charge in [0.25, 0.3) is 0 Å². The van der Waals surface area contributed by atoms with Crippen LogP contribution in [0.3, 0.4) is 0 Å².